The predicted octanol–water partition coefficient (Wildman–Crippen LogP) is 0.459. The molecule has 0 radical (unpaired) electrons. The van der Waals surface area contributed by atoms with Crippen LogP contribution in [0.15, 0.2) is 5.16 Å². The molecule has 0 spiro atoms. The zero-order valence-corrected chi connectivity index (χ0v) is 9.22. The van der Waals surface area contributed by atoms with Crippen molar-refractivity contribution in [3.8, 4) is 0 Å². The van der Waals surface area contributed by atoms with Crippen LogP contribution in [0, 0.1) is 0 Å². The van der Waals surface area contributed by atoms with Gasteiger partial charge in [0, 0.05) is 12.6 Å². The summed E-state index contributed by atoms with van der Waals surface area (Å²) in [5, 5.41) is 14.6. The molecule has 1 saturated heterocycles. The summed E-state index contributed by atoms with van der Waals surface area (Å²) in [6, 6.07) is -0.00934. The number of nitrogens with zero attached hydrogens (tertiary/aromatic N) is 2. The first kappa shape index (κ1) is 11.0. The first-order valence-corrected chi connectivity index (χ1v) is 5.77. The van der Waals surface area contributed by atoms with Gasteiger partial charge in [0.05, 0.1) is 6.04 Å². The molecule has 0 bridgehead atoms. The number of nitrogens with one attached hydrogen (secondary N) is 1. The minimum atomic E-state index is -0.245. The zero-order chi connectivity index (χ0) is 11.5. The van der Waals surface area contributed by atoms with E-state index in [-0.39, 0.29) is 17.9 Å². The van der Waals surface area contributed by atoms with Crippen LogP contribution in [0.2, 0.25) is 0 Å². The second-order valence-corrected chi connectivity index (χ2v) is 4.45. The summed E-state index contributed by atoms with van der Waals surface area (Å²) < 4.78 is 0. The third-order valence-corrected chi connectivity index (χ3v) is 3.40. The van der Waals surface area contributed by atoms with Crippen LogP contribution in [0.4, 0.5) is 4.79 Å². The van der Waals surface area contributed by atoms with Gasteiger partial charge >= 0.3 is 6.03 Å². The molecule has 1 heterocycles. The van der Waals surface area contributed by atoms with Gasteiger partial charge in [-0.05, 0) is 32.1 Å². The number of oxime groups is 1. The molecular weight excluding hydrogens is 208 g/mol. The Kier molecular flexibility index (Phi) is 3.17. The van der Waals surface area contributed by atoms with E-state index in [9.17, 15) is 4.79 Å². The second-order valence-electron chi connectivity index (χ2n) is 4.45. The van der Waals surface area contributed by atoms with Crippen molar-refractivity contribution in [3.05, 3.63) is 0 Å². The Morgan fingerprint density at radius 1 is 1.38 bits per heavy atom. The van der Waals surface area contributed by atoms with Crippen molar-refractivity contribution in [2.75, 3.05) is 6.54 Å². The Labute approximate surface area is 94.5 Å². The highest BCUT2D eigenvalue weighted by molar-refractivity contribution is 5.90. The van der Waals surface area contributed by atoms with Gasteiger partial charge in [0.15, 0.2) is 5.84 Å². The van der Waals surface area contributed by atoms with Crippen LogP contribution in [0.1, 0.15) is 32.1 Å². The van der Waals surface area contributed by atoms with Gasteiger partial charge in [0.1, 0.15) is 0 Å². The Bertz CT molecular complexity index is 301. The van der Waals surface area contributed by atoms with Crippen LogP contribution < -0.4 is 11.1 Å². The molecule has 90 valence electrons. The Morgan fingerprint density at radius 3 is 2.69 bits per heavy atom. The van der Waals surface area contributed by atoms with Crippen molar-refractivity contribution < 1.29 is 10.0 Å². The molecule has 1 aliphatic carbocycles. The van der Waals surface area contributed by atoms with Crippen LogP contribution in [0.5, 0.6) is 0 Å². The number of rotatable bonds is 2. The molecule has 1 unspecified atom stereocenters. The molecule has 6 heteroatoms. The van der Waals surface area contributed by atoms with E-state index < -0.39 is 0 Å². The summed E-state index contributed by atoms with van der Waals surface area (Å²) in [5.41, 5.74) is 5.56. The molecule has 1 atom stereocenters. The van der Waals surface area contributed by atoms with Crippen molar-refractivity contribution >= 4 is 11.9 Å². The minimum absolute atomic E-state index is 0.0844. The molecule has 4 N–H and O–H groups in total. The first-order chi connectivity index (χ1) is 7.72. The van der Waals surface area contributed by atoms with Crippen LogP contribution in [0.3, 0.4) is 0 Å². The van der Waals surface area contributed by atoms with Crippen LogP contribution in [0.25, 0.3) is 0 Å². The number of likely N-dealkylation sites (tertiary alicyclic amines) is 1. The van der Waals surface area contributed by atoms with E-state index in [0.717, 1.165) is 25.7 Å². The summed E-state index contributed by atoms with van der Waals surface area (Å²) in [6.07, 6.45) is 4.99. The average Bonchev–Trinajstić information content (AvgIpc) is 2.70. The Balaban J connectivity index is 1.93. The van der Waals surface area contributed by atoms with Crippen molar-refractivity contribution in [1.82, 2.24) is 10.2 Å². The average molecular weight is 226 g/mol. The summed E-state index contributed by atoms with van der Waals surface area (Å²) in [7, 11) is 0. The highest BCUT2D eigenvalue weighted by atomic mass is 16.4. The van der Waals surface area contributed by atoms with Gasteiger partial charge in [-0.2, -0.15) is 0 Å². The normalized spacial score (nSPS) is 26.6. The smallest absolute Gasteiger partial charge is 0.318 e. The van der Waals surface area contributed by atoms with Crippen LogP contribution >= 0.6 is 0 Å². The maximum Gasteiger partial charge on any atom is 0.318 e. The number of amides is 2. The molecule has 1 aliphatic heterocycles. The van der Waals surface area contributed by atoms with E-state index >= 15 is 0 Å². The molecule has 16 heavy (non-hydrogen) atoms. The Morgan fingerprint density at radius 2 is 2.12 bits per heavy atom. The lowest BCUT2D eigenvalue weighted by Crippen LogP contribution is -2.52. The molecule has 0 aromatic rings. The molecule has 6 nitrogen and oxygen atoms in total. The van der Waals surface area contributed by atoms with E-state index in [1.54, 1.807) is 4.90 Å². The SMILES string of the molecule is NC(=NO)C1CCCN1C(=O)NC1CCC1. The summed E-state index contributed by atoms with van der Waals surface area (Å²) in [5.74, 6) is 0.126. The largest absolute Gasteiger partial charge is 0.409 e. The number of amidine groups is 1. The number of carbonyl (C=O) groups excluding carboxylic acids is 1. The minimum Gasteiger partial charge on any atom is -0.409 e. The lowest BCUT2D eigenvalue weighted by molar-refractivity contribution is 0.190. The fourth-order valence-electron chi connectivity index (χ4n) is 2.19. The third-order valence-electron chi connectivity index (χ3n) is 3.40. The number of carbonyl (C=O) groups is 1. The van der Waals surface area contributed by atoms with Gasteiger partial charge in [0.25, 0.3) is 0 Å². The van der Waals surface area contributed by atoms with E-state index in [1.165, 1.54) is 6.42 Å². The number of urea groups is 1. The number of nitrogens with two attached hydrogens (primary N) is 1. The monoisotopic (exact) mass is 226 g/mol. The van der Waals surface area contributed by atoms with Crippen molar-refractivity contribution in [2.45, 2.75) is 44.2 Å². The Hall–Kier alpha value is -1.46. The summed E-state index contributed by atoms with van der Waals surface area (Å²) in [6.45, 7) is 0.680. The van der Waals surface area contributed by atoms with Crippen molar-refractivity contribution in [3.63, 3.8) is 0 Å². The van der Waals surface area contributed by atoms with Crippen molar-refractivity contribution in [2.24, 2.45) is 10.9 Å². The molecule has 0 aromatic heterocycles. The fourth-order valence-corrected chi connectivity index (χ4v) is 2.19. The molecule has 1 saturated carbocycles. The summed E-state index contributed by atoms with van der Waals surface area (Å²) >= 11 is 0. The van der Waals surface area contributed by atoms with Crippen molar-refractivity contribution in [1.29, 1.82) is 0 Å². The first-order valence-electron chi connectivity index (χ1n) is 5.77. The maximum atomic E-state index is 11.9. The highest BCUT2D eigenvalue weighted by Crippen LogP contribution is 2.21. The fraction of sp³-hybridized carbons (Fsp3) is 0.800. The zero-order valence-electron chi connectivity index (χ0n) is 9.22. The number of hydrogen-bond donors (Lipinski definition) is 3. The molecule has 0 aromatic carbocycles. The molecular formula is C10H18N4O2. The van der Waals surface area contributed by atoms with Gasteiger partial charge in [-0.1, -0.05) is 5.16 Å². The quantitative estimate of drug-likeness (QED) is 0.276. The lowest BCUT2D eigenvalue weighted by atomic mass is 9.93. The second kappa shape index (κ2) is 4.59. The predicted molar refractivity (Wildman–Crippen MR) is 59.3 cm³/mol. The number of hydrogen-bond acceptors (Lipinski definition) is 3. The molecule has 2 rings (SSSR count). The topological polar surface area (TPSA) is 91.0 Å². The van der Waals surface area contributed by atoms with E-state index in [2.05, 4.69) is 10.5 Å². The molecule has 2 fully saturated rings. The lowest BCUT2D eigenvalue weighted by Gasteiger charge is -2.31. The molecule has 2 amide bonds. The van der Waals surface area contributed by atoms with E-state index in [4.69, 9.17) is 10.9 Å². The highest BCUT2D eigenvalue weighted by Gasteiger charge is 2.33. The maximum absolute atomic E-state index is 11.9. The van der Waals surface area contributed by atoms with Gasteiger partial charge in [-0.3, -0.25) is 0 Å². The summed E-state index contributed by atoms with van der Waals surface area (Å²) in [4.78, 5) is 13.6. The van der Waals surface area contributed by atoms with Gasteiger partial charge < -0.3 is 21.2 Å². The van der Waals surface area contributed by atoms with E-state index in [0.29, 0.717) is 12.6 Å². The van der Waals surface area contributed by atoms with E-state index in [1.807, 2.05) is 0 Å². The third kappa shape index (κ3) is 2.05. The van der Waals surface area contributed by atoms with Gasteiger partial charge in [-0.15, -0.1) is 0 Å². The van der Waals surface area contributed by atoms with Gasteiger partial charge in [-0.25, -0.2) is 4.79 Å². The van der Waals surface area contributed by atoms with Crippen LogP contribution in [-0.4, -0.2) is 40.6 Å². The van der Waals surface area contributed by atoms with Gasteiger partial charge in [0.2, 0.25) is 0 Å². The standard InChI is InChI=1S/C10H18N4O2/c11-9(13-16)8-5-2-6-14(8)10(15)12-7-3-1-4-7/h7-8,16H,1-6H2,(H2,11,13)(H,12,15). The molecule has 2 aliphatic rings. The van der Waals surface area contributed by atoms with Crippen LogP contribution in [-0.2, 0) is 0 Å².